The fraction of sp³-hybridized carbons (Fsp3) is 0.286. The van der Waals surface area contributed by atoms with Crippen LogP contribution in [0, 0.1) is 24.0 Å². The van der Waals surface area contributed by atoms with Crippen molar-refractivity contribution in [2.24, 2.45) is 0 Å². The third-order valence-corrected chi connectivity index (χ3v) is 1.85. The second-order valence-electron chi connectivity index (χ2n) is 2.54. The maximum absolute atomic E-state index is 10.4. The molecule has 12 heavy (non-hydrogen) atoms. The van der Waals surface area contributed by atoms with Crippen molar-refractivity contribution in [3.63, 3.8) is 0 Å². The molecule has 64 valence electrons. The zero-order valence-corrected chi connectivity index (χ0v) is 6.87. The topological polar surface area (TPSA) is 82.0 Å². The third-order valence-electron chi connectivity index (χ3n) is 1.85. The molecule has 0 unspecified atom stereocenters. The Bertz CT molecular complexity index is 336. The van der Waals surface area contributed by atoms with E-state index in [-0.39, 0.29) is 5.69 Å². The highest BCUT2D eigenvalue weighted by Gasteiger charge is 2.13. The van der Waals surface area contributed by atoms with Gasteiger partial charge in [0.05, 0.1) is 4.92 Å². The van der Waals surface area contributed by atoms with Crippen LogP contribution in [0.2, 0.25) is 0 Å². The highest BCUT2D eigenvalue weighted by Crippen LogP contribution is 2.22. The molecule has 1 aromatic heterocycles. The van der Waals surface area contributed by atoms with Crippen LogP contribution in [0.15, 0.2) is 6.20 Å². The molecule has 0 spiro atoms. The quantitative estimate of drug-likeness (QED) is 0.503. The molecule has 1 rings (SSSR count). The molecule has 0 aliphatic carbocycles. The Kier molecular flexibility index (Phi) is 1.95. The summed E-state index contributed by atoms with van der Waals surface area (Å²) in [5.74, 6) is 0.345. The van der Waals surface area contributed by atoms with Gasteiger partial charge >= 0.3 is 0 Å². The van der Waals surface area contributed by atoms with Gasteiger partial charge in [-0.15, -0.1) is 0 Å². The first-order valence-corrected chi connectivity index (χ1v) is 3.40. The van der Waals surface area contributed by atoms with Crippen molar-refractivity contribution in [3.8, 4) is 0 Å². The van der Waals surface area contributed by atoms with Gasteiger partial charge in [-0.25, -0.2) is 4.98 Å². The Balaban J connectivity index is 3.36. The highest BCUT2D eigenvalue weighted by atomic mass is 16.6. The standard InChI is InChI=1S/C7H9N3O2/c1-4-5(2)7(8)9-3-6(4)10(11)12/h3H,1-2H3,(H2,8,9). The number of hydrogen-bond donors (Lipinski definition) is 1. The number of hydrogen-bond acceptors (Lipinski definition) is 4. The van der Waals surface area contributed by atoms with Gasteiger partial charge in [0.2, 0.25) is 0 Å². The lowest BCUT2D eigenvalue weighted by molar-refractivity contribution is -0.385. The van der Waals surface area contributed by atoms with Crippen LogP contribution < -0.4 is 5.73 Å². The summed E-state index contributed by atoms with van der Waals surface area (Å²) < 4.78 is 0. The van der Waals surface area contributed by atoms with E-state index in [1.54, 1.807) is 13.8 Å². The number of anilines is 1. The zero-order valence-electron chi connectivity index (χ0n) is 6.87. The van der Waals surface area contributed by atoms with Crippen molar-refractivity contribution in [3.05, 3.63) is 27.4 Å². The molecule has 1 heterocycles. The van der Waals surface area contributed by atoms with Gasteiger partial charge < -0.3 is 5.73 Å². The summed E-state index contributed by atoms with van der Waals surface area (Å²) >= 11 is 0. The maximum Gasteiger partial charge on any atom is 0.290 e. The van der Waals surface area contributed by atoms with E-state index in [9.17, 15) is 10.1 Å². The van der Waals surface area contributed by atoms with Crippen molar-refractivity contribution in [1.82, 2.24) is 4.98 Å². The predicted octanol–water partition coefficient (Wildman–Crippen LogP) is 1.19. The monoisotopic (exact) mass is 167 g/mol. The lowest BCUT2D eigenvalue weighted by Crippen LogP contribution is -2.00. The Morgan fingerprint density at radius 3 is 2.58 bits per heavy atom. The van der Waals surface area contributed by atoms with Crippen LogP contribution in [0.4, 0.5) is 11.5 Å². The molecule has 0 bridgehead atoms. The van der Waals surface area contributed by atoms with Crippen molar-refractivity contribution < 1.29 is 4.92 Å². The fourth-order valence-electron chi connectivity index (χ4n) is 0.893. The van der Waals surface area contributed by atoms with Gasteiger partial charge in [-0.1, -0.05) is 0 Å². The minimum atomic E-state index is -0.464. The van der Waals surface area contributed by atoms with Gasteiger partial charge in [0.15, 0.2) is 0 Å². The van der Waals surface area contributed by atoms with Crippen LogP contribution in [0.25, 0.3) is 0 Å². The third kappa shape index (κ3) is 1.20. The van der Waals surface area contributed by atoms with E-state index < -0.39 is 4.92 Å². The Morgan fingerprint density at radius 2 is 2.08 bits per heavy atom. The summed E-state index contributed by atoms with van der Waals surface area (Å²) in [7, 11) is 0. The normalized spacial score (nSPS) is 9.83. The molecule has 0 amide bonds. The van der Waals surface area contributed by atoms with Crippen molar-refractivity contribution in [2.75, 3.05) is 5.73 Å². The second kappa shape index (κ2) is 2.77. The van der Waals surface area contributed by atoms with Gasteiger partial charge in [-0.3, -0.25) is 10.1 Å². The number of nitro groups is 1. The number of pyridine rings is 1. The average Bonchev–Trinajstić information content (AvgIpc) is 2.00. The molecule has 5 nitrogen and oxygen atoms in total. The van der Waals surface area contributed by atoms with E-state index in [0.29, 0.717) is 16.9 Å². The Labute approximate surface area is 69.4 Å². The maximum atomic E-state index is 10.4. The van der Waals surface area contributed by atoms with Crippen LogP contribution in [-0.4, -0.2) is 9.91 Å². The molecule has 0 fully saturated rings. The molecule has 2 N–H and O–H groups in total. The lowest BCUT2D eigenvalue weighted by Gasteiger charge is -2.02. The molecule has 0 aliphatic heterocycles. The SMILES string of the molecule is Cc1c([N+](=O)[O-])cnc(N)c1C. The largest absolute Gasteiger partial charge is 0.383 e. The van der Waals surface area contributed by atoms with Crippen LogP contribution >= 0.6 is 0 Å². The van der Waals surface area contributed by atoms with Crippen LogP contribution in [0.1, 0.15) is 11.1 Å². The van der Waals surface area contributed by atoms with E-state index in [1.165, 1.54) is 6.20 Å². The minimum Gasteiger partial charge on any atom is -0.383 e. The van der Waals surface area contributed by atoms with Crippen LogP contribution in [-0.2, 0) is 0 Å². The average molecular weight is 167 g/mol. The molecule has 1 aromatic rings. The summed E-state index contributed by atoms with van der Waals surface area (Å²) in [6.45, 7) is 3.37. The number of nitrogen functional groups attached to an aromatic ring is 1. The highest BCUT2D eigenvalue weighted by molar-refractivity contribution is 5.51. The van der Waals surface area contributed by atoms with Crippen molar-refractivity contribution in [2.45, 2.75) is 13.8 Å². The van der Waals surface area contributed by atoms with Gasteiger partial charge in [0, 0.05) is 11.1 Å². The summed E-state index contributed by atoms with van der Waals surface area (Å²) in [5, 5.41) is 10.4. The van der Waals surface area contributed by atoms with E-state index in [4.69, 9.17) is 5.73 Å². The number of rotatable bonds is 1. The molecular formula is C7H9N3O2. The van der Waals surface area contributed by atoms with Crippen molar-refractivity contribution in [1.29, 1.82) is 0 Å². The van der Waals surface area contributed by atoms with E-state index in [0.717, 1.165) is 0 Å². The number of aromatic nitrogens is 1. The first-order chi connectivity index (χ1) is 5.54. The minimum absolute atomic E-state index is 0.0155. The predicted molar refractivity (Wildman–Crippen MR) is 44.8 cm³/mol. The Morgan fingerprint density at radius 1 is 1.50 bits per heavy atom. The summed E-state index contributed by atoms with van der Waals surface area (Å²) in [6, 6.07) is 0. The van der Waals surface area contributed by atoms with E-state index in [2.05, 4.69) is 4.98 Å². The molecule has 0 radical (unpaired) electrons. The fourth-order valence-corrected chi connectivity index (χ4v) is 0.893. The molecule has 0 atom stereocenters. The summed E-state index contributed by atoms with van der Waals surface area (Å²) in [6.07, 6.45) is 1.18. The number of nitrogens with zero attached hydrogens (tertiary/aromatic N) is 2. The molecule has 5 heteroatoms. The Hall–Kier alpha value is -1.65. The first-order valence-electron chi connectivity index (χ1n) is 3.40. The van der Waals surface area contributed by atoms with Gasteiger partial charge in [0.25, 0.3) is 5.69 Å². The van der Waals surface area contributed by atoms with E-state index in [1.807, 2.05) is 0 Å². The number of nitrogens with two attached hydrogens (primary N) is 1. The smallest absolute Gasteiger partial charge is 0.290 e. The van der Waals surface area contributed by atoms with Crippen molar-refractivity contribution >= 4 is 11.5 Å². The zero-order chi connectivity index (χ0) is 9.30. The summed E-state index contributed by atoms with van der Waals surface area (Å²) in [5.41, 5.74) is 6.72. The summed E-state index contributed by atoms with van der Waals surface area (Å²) in [4.78, 5) is 13.6. The van der Waals surface area contributed by atoms with Gasteiger partial charge in [-0.2, -0.15) is 0 Å². The molecule has 0 saturated heterocycles. The van der Waals surface area contributed by atoms with Crippen LogP contribution in [0.3, 0.4) is 0 Å². The molecule has 0 aromatic carbocycles. The lowest BCUT2D eigenvalue weighted by atomic mass is 10.1. The molecule has 0 aliphatic rings. The first kappa shape index (κ1) is 8.45. The van der Waals surface area contributed by atoms with E-state index >= 15 is 0 Å². The second-order valence-corrected chi connectivity index (χ2v) is 2.54. The molecule has 0 saturated carbocycles. The van der Waals surface area contributed by atoms with Crippen LogP contribution in [0.5, 0.6) is 0 Å². The van der Waals surface area contributed by atoms with Gasteiger partial charge in [0.1, 0.15) is 12.0 Å². The van der Waals surface area contributed by atoms with Gasteiger partial charge in [-0.05, 0) is 13.8 Å². The molecular weight excluding hydrogens is 158 g/mol.